The fourth-order valence-corrected chi connectivity index (χ4v) is 2.91. The number of imidazole rings is 1. The van der Waals surface area contributed by atoms with E-state index in [-0.39, 0.29) is 0 Å². The molecule has 0 radical (unpaired) electrons. The minimum Gasteiger partial charge on any atom is -0.380 e. The highest BCUT2D eigenvalue weighted by molar-refractivity contribution is 7.15. The number of para-hydroxylation sites is 1. The lowest BCUT2D eigenvalue weighted by Crippen LogP contribution is -1.84. The number of aromatic nitrogens is 3. The third-order valence-electron chi connectivity index (χ3n) is 3.75. The van der Waals surface area contributed by atoms with Gasteiger partial charge in [0.1, 0.15) is 11.3 Å². The lowest BCUT2D eigenvalue weighted by atomic mass is 10.2. The van der Waals surface area contributed by atoms with Crippen LogP contribution in [0.3, 0.4) is 0 Å². The first-order chi connectivity index (χ1) is 12.7. The molecule has 0 aliphatic rings. The van der Waals surface area contributed by atoms with Gasteiger partial charge < -0.3 is 9.07 Å². The van der Waals surface area contributed by atoms with E-state index in [1.54, 1.807) is 7.11 Å². The minimum atomic E-state index is 0.709. The van der Waals surface area contributed by atoms with Crippen molar-refractivity contribution in [3.05, 3.63) is 72.2 Å². The van der Waals surface area contributed by atoms with Gasteiger partial charge in [-0.2, -0.15) is 0 Å². The second-order valence-corrected chi connectivity index (χ2v) is 5.97. The number of nitrogens with zero attached hydrogens (tertiary/aromatic N) is 3. The summed E-state index contributed by atoms with van der Waals surface area (Å²) < 4.78 is 6.96. The number of hydrogen-bond donors (Lipinski definition) is 0. The van der Waals surface area contributed by atoms with Crippen LogP contribution < -0.4 is 0 Å². The predicted octanol–water partition coefficient (Wildman–Crippen LogP) is 5.39. The average molecular weight is 367 g/mol. The van der Waals surface area contributed by atoms with Crippen molar-refractivity contribution < 1.29 is 4.74 Å². The molecule has 0 aliphatic carbocycles. The highest BCUT2D eigenvalue weighted by Gasteiger charge is 2.08. The summed E-state index contributed by atoms with van der Waals surface area (Å²) in [5.41, 5.74) is 4.30. The maximum absolute atomic E-state index is 4.93. The first-order valence-electron chi connectivity index (χ1n) is 8.71. The largest absolute Gasteiger partial charge is 0.380 e. The van der Waals surface area contributed by atoms with Gasteiger partial charge in [0, 0.05) is 12.5 Å². The molecule has 2 heterocycles. The summed E-state index contributed by atoms with van der Waals surface area (Å²) in [6.07, 6.45) is 1.82. The Kier molecular flexibility index (Phi) is 7.71. The lowest BCUT2D eigenvalue weighted by Gasteiger charge is -2.00. The van der Waals surface area contributed by atoms with Gasteiger partial charge in [0.2, 0.25) is 0 Å². The predicted molar refractivity (Wildman–Crippen MR) is 113 cm³/mol. The van der Waals surface area contributed by atoms with Crippen LogP contribution in [-0.4, -0.2) is 21.4 Å². The molecule has 2 aromatic heterocycles. The van der Waals surface area contributed by atoms with Gasteiger partial charge in [0.15, 0.2) is 0 Å². The number of fused-ring (bicyclic) bond motifs is 3. The Labute approximate surface area is 157 Å². The Bertz CT molecular complexity index is 951. The normalized spacial score (nSPS) is 10.0. The number of aryl methyl sites for hydroxylation is 1. The molecule has 2 aromatic carbocycles. The maximum Gasteiger partial charge on any atom is 0.109 e. The summed E-state index contributed by atoms with van der Waals surface area (Å²) >= 11 is 0. The van der Waals surface area contributed by atoms with Crippen LogP contribution in [0.15, 0.2) is 60.8 Å². The number of pyridine rings is 1. The van der Waals surface area contributed by atoms with Crippen LogP contribution in [0.1, 0.15) is 25.2 Å². The molecule has 4 nitrogen and oxygen atoms in total. The third kappa shape index (κ3) is 4.66. The monoisotopic (exact) mass is 367 g/mol. The zero-order valence-electron chi connectivity index (χ0n) is 15.8. The molecular formula is C21H26N3OP. The third-order valence-corrected chi connectivity index (χ3v) is 4.39. The number of ether oxygens (including phenoxy) is 1. The van der Waals surface area contributed by atoms with Gasteiger partial charge in [0.05, 0.1) is 23.8 Å². The summed E-state index contributed by atoms with van der Waals surface area (Å²) in [4.78, 5) is 8.82. The van der Waals surface area contributed by atoms with Gasteiger partial charge in [-0.3, -0.25) is 4.98 Å². The molecule has 1 atom stereocenters. The Hall–Kier alpha value is -2.29. The van der Waals surface area contributed by atoms with E-state index >= 15 is 0 Å². The first-order valence-corrected chi connectivity index (χ1v) is 9.23. The quantitative estimate of drug-likeness (QED) is 0.446. The Morgan fingerprint density at radius 3 is 2.31 bits per heavy atom. The van der Waals surface area contributed by atoms with Crippen molar-refractivity contribution in [2.75, 3.05) is 7.11 Å². The summed E-state index contributed by atoms with van der Waals surface area (Å²) in [6, 6.07) is 18.2. The van der Waals surface area contributed by atoms with E-state index in [2.05, 4.69) is 25.4 Å². The summed E-state index contributed by atoms with van der Waals surface area (Å²) in [6.45, 7) is 6.70. The molecule has 0 bridgehead atoms. The molecule has 0 aliphatic heterocycles. The van der Waals surface area contributed by atoms with Crippen molar-refractivity contribution in [1.82, 2.24) is 14.3 Å². The van der Waals surface area contributed by atoms with Crippen molar-refractivity contribution >= 4 is 31.3 Å². The Morgan fingerprint density at radius 1 is 0.962 bits per heavy atom. The second kappa shape index (κ2) is 10.0. The molecule has 0 amide bonds. The van der Waals surface area contributed by atoms with Crippen molar-refractivity contribution in [3.63, 3.8) is 0 Å². The van der Waals surface area contributed by atoms with Crippen LogP contribution in [0.5, 0.6) is 0 Å². The van der Waals surface area contributed by atoms with E-state index in [0.29, 0.717) is 6.61 Å². The van der Waals surface area contributed by atoms with Gasteiger partial charge in [-0.15, -0.1) is 0 Å². The molecule has 4 rings (SSSR count). The van der Waals surface area contributed by atoms with E-state index in [0.717, 1.165) is 27.8 Å². The molecule has 0 spiro atoms. The lowest BCUT2D eigenvalue weighted by molar-refractivity contribution is 0.185. The molecular weight excluding hydrogens is 341 g/mol. The van der Waals surface area contributed by atoms with Crippen LogP contribution in [0.2, 0.25) is 0 Å². The van der Waals surface area contributed by atoms with E-state index in [9.17, 15) is 0 Å². The smallest absolute Gasteiger partial charge is 0.109 e. The summed E-state index contributed by atoms with van der Waals surface area (Å²) in [5.74, 6) is 0.980. The number of benzene rings is 2. The van der Waals surface area contributed by atoms with Crippen LogP contribution in [0.25, 0.3) is 21.9 Å². The highest BCUT2D eigenvalue weighted by atomic mass is 31.0. The molecule has 26 heavy (non-hydrogen) atoms. The van der Waals surface area contributed by atoms with Crippen LogP contribution >= 0.6 is 9.39 Å². The van der Waals surface area contributed by atoms with E-state index in [4.69, 9.17) is 4.74 Å². The summed E-state index contributed by atoms with van der Waals surface area (Å²) in [7, 11) is 4.39. The second-order valence-electron chi connectivity index (χ2n) is 5.46. The van der Waals surface area contributed by atoms with Crippen LogP contribution in [0.4, 0.5) is 0 Å². The Morgan fingerprint density at radius 2 is 1.62 bits per heavy atom. The molecule has 0 saturated heterocycles. The van der Waals surface area contributed by atoms with Crippen LogP contribution in [-0.2, 0) is 11.3 Å². The molecule has 0 saturated carbocycles. The summed E-state index contributed by atoms with van der Waals surface area (Å²) in [5, 5.41) is 1.14. The first kappa shape index (κ1) is 20.0. The van der Waals surface area contributed by atoms with Crippen molar-refractivity contribution in [1.29, 1.82) is 0 Å². The van der Waals surface area contributed by atoms with Gasteiger partial charge in [0.25, 0.3) is 0 Å². The van der Waals surface area contributed by atoms with Gasteiger partial charge >= 0.3 is 0 Å². The molecule has 0 fully saturated rings. The van der Waals surface area contributed by atoms with Gasteiger partial charge in [-0.1, -0.05) is 62.4 Å². The number of methoxy groups -OCH3 is 1. The van der Waals surface area contributed by atoms with Crippen molar-refractivity contribution in [3.8, 4) is 0 Å². The van der Waals surface area contributed by atoms with E-state index < -0.39 is 0 Å². The maximum atomic E-state index is 4.93. The van der Waals surface area contributed by atoms with Crippen LogP contribution in [0, 0.1) is 6.92 Å². The van der Waals surface area contributed by atoms with Crippen molar-refractivity contribution in [2.45, 2.75) is 27.4 Å². The molecule has 5 heteroatoms. The molecule has 0 N–H and O–H groups in total. The van der Waals surface area contributed by atoms with Crippen molar-refractivity contribution in [2.24, 2.45) is 0 Å². The van der Waals surface area contributed by atoms with Gasteiger partial charge in [-0.05, 0) is 27.9 Å². The standard InChI is InChI=1S/C11H10N3P.C8H10O.C2H6/c1-7-13-10-6-12-9-5-3-2-4-8(9)11(10)14(7)15;1-9-7-8-5-3-2-4-6-8;1-2/h2-6H,15H2,1H3;2-6H,7H2,1H3;1-2H3. The fourth-order valence-electron chi connectivity index (χ4n) is 2.58. The fraction of sp³-hybridized carbons (Fsp3) is 0.238. The zero-order valence-corrected chi connectivity index (χ0v) is 17.0. The molecule has 4 aromatic rings. The van der Waals surface area contributed by atoms with E-state index in [1.165, 1.54) is 5.56 Å². The minimum absolute atomic E-state index is 0.709. The number of hydrogen-bond acceptors (Lipinski definition) is 3. The Balaban J connectivity index is 0.000000190. The average Bonchev–Trinajstić information content (AvgIpc) is 2.99. The molecule has 1 unspecified atom stereocenters. The molecule has 136 valence electrons. The van der Waals surface area contributed by atoms with E-state index in [1.807, 2.05) is 79.8 Å². The number of rotatable bonds is 2. The SMILES string of the molecule is CC.COCc1ccccc1.Cc1nc2cnc3ccccc3c2n1P. The zero-order chi connectivity index (χ0) is 18.9. The topological polar surface area (TPSA) is 39.9 Å². The van der Waals surface area contributed by atoms with Gasteiger partial charge in [-0.25, -0.2) is 4.98 Å². The highest BCUT2D eigenvalue weighted by Crippen LogP contribution is 2.25.